The van der Waals surface area contributed by atoms with Crippen LogP contribution >= 0.6 is 15.9 Å². The molecule has 2 rings (SSSR count). The Morgan fingerprint density at radius 1 is 1.56 bits per heavy atom. The summed E-state index contributed by atoms with van der Waals surface area (Å²) in [4.78, 5) is 2.31. The van der Waals surface area contributed by atoms with Gasteiger partial charge in [-0.15, -0.1) is 0 Å². The Morgan fingerprint density at radius 2 is 2.31 bits per heavy atom. The largest absolute Gasteiger partial charge is 0.384 e. The lowest BCUT2D eigenvalue weighted by Gasteiger charge is -2.21. The average Bonchev–Trinajstić information content (AvgIpc) is 2.64. The van der Waals surface area contributed by atoms with E-state index in [1.54, 1.807) is 0 Å². The smallest absolute Gasteiger partial charge is 0.124 e. The van der Waals surface area contributed by atoms with E-state index in [0.29, 0.717) is 0 Å². The molecule has 3 nitrogen and oxygen atoms in total. The third-order valence-corrected chi connectivity index (χ3v) is 3.51. The first-order valence-electron chi connectivity index (χ1n) is 5.47. The van der Waals surface area contributed by atoms with Crippen LogP contribution in [0.1, 0.15) is 18.9 Å². The summed E-state index contributed by atoms with van der Waals surface area (Å²) in [5.74, 6) is 0.860. The fourth-order valence-electron chi connectivity index (χ4n) is 2.15. The van der Waals surface area contributed by atoms with Crippen molar-refractivity contribution in [3.05, 3.63) is 28.2 Å². The third kappa shape index (κ3) is 2.21. The van der Waals surface area contributed by atoms with Crippen molar-refractivity contribution < 1.29 is 0 Å². The van der Waals surface area contributed by atoms with E-state index in [-0.39, 0.29) is 5.84 Å². The fraction of sp³-hybridized carbons (Fsp3) is 0.417. The lowest BCUT2D eigenvalue weighted by molar-refractivity contribution is 0.659. The molecule has 1 unspecified atom stereocenters. The maximum absolute atomic E-state index is 7.62. The second-order valence-corrected chi connectivity index (χ2v) is 5.33. The number of nitrogens with two attached hydrogens (primary N) is 1. The van der Waals surface area contributed by atoms with Crippen LogP contribution in [0.3, 0.4) is 0 Å². The Kier molecular flexibility index (Phi) is 3.19. The van der Waals surface area contributed by atoms with Crippen molar-refractivity contribution in [2.75, 3.05) is 18.0 Å². The van der Waals surface area contributed by atoms with E-state index >= 15 is 0 Å². The second kappa shape index (κ2) is 4.45. The molecule has 0 spiro atoms. The topological polar surface area (TPSA) is 53.1 Å². The molecule has 0 bridgehead atoms. The van der Waals surface area contributed by atoms with Gasteiger partial charge in [-0.25, -0.2) is 0 Å². The molecule has 0 amide bonds. The lowest BCUT2D eigenvalue weighted by atomic mass is 10.1. The van der Waals surface area contributed by atoms with Gasteiger partial charge in [-0.1, -0.05) is 22.9 Å². The Morgan fingerprint density at radius 3 is 2.88 bits per heavy atom. The minimum Gasteiger partial charge on any atom is -0.384 e. The van der Waals surface area contributed by atoms with Gasteiger partial charge in [0.1, 0.15) is 5.84 Å². The van der Waals surface area contributed by atoms with Gasteiger partial charge in [0, 0.05) is 28.8 Å². The van der Waals surface area contributed by atoms with Gasteiger partial charge in [-0.2, -0.15) is 0 Å². The molecule has 1 aliphatic heterocycles. The normalized spacial score (nSPS) is 20.1. The van der Waals surface area contributed by atoms with E-state index in [4.69, 9.17) is 11.1 Å². The summed E-state index contributed by atoms with van der Waals surface area (Å²) in [7, 11) is 0. The van der Waals surface area contributed by atoms with Crippen molar-refractivity contribution in [1.29, 1.82) is 5.41 Å². The molecule has 86 valence electrons. The molecule has 0 radical (unpaired) electrons. The number of halogens is 1. The van der Waals surface area contributed by atoms with Gasteiger partial charge >= 0.3 is 0 Å². The number of anilines is 1. The molecule has 1 aromatic rings. The maximum Gasteiger partial charge on any atom is 0.124 e. The van der Waals surface area contributed by atoms with E-state index in [1.165, 1.54) is 6.42 Å². The molecule has 1 saturated heterocycles. The first-order valence-corrected chi connectivity index (χ1v) is 6.26. The van der Waals surface area contributed by atoms with Crippen LogP contribution in [0.4, 0.5) is 5.69 Å². The van der Waals surface area contributed by atoms with Crippen LogP contribution in [-0.2, 0) is 0 Å². The summed E-state index contributed by atoms with van der Waals surface area (Å²) in [5.41, 5.74) is 7.53. The minimum absolute atomic E-state index is 0.135. The van der Waals surface area contributed by atoms with Gasteiger partial charge in [-0.3, -0.25) is 5.41 Å². The maximum atomic E-state index is 7.62. The predicted octanol–water partition coefficient (Wildman–Crippen LogP) is 2.58. The number of rotatable bonds is 2. The molecule has 1 fully saturated rings. The van der Waals surface area contributed by atoms with Crippen molar-refractivity contribution in [3.63, 3.8) is 0 Å². The van der Waals surface area contributed by atoms with Crippen LogP contribution in [0.5, 0.6) is 0 Å². The summed E-state index contributed by atoms with van der Waals surface area (Å²) < 4.78 is 0.966. The van der Waals surface area contributed by atoms with E-state index in [9.17, 15) is 0 Å². The molecule has 1 aliphatic rings. The highest BCUT2D eigenvalue weighted by atomic mass is 79.9. The third-order valence-electron chi connectivity index (χ3n) is 3.01. The number of benzene rings is 1. The lowest BCUT2D eigenvalue weighted by Crippen LogP contribution is -2.23. The van der Waals surface area contributed by atoms with Gasteiger partial charge in [0.05, 0.1) is 0 Å². The summed E-state index contributed by atoms with van der Waals surface area (Å²) in [5, 5.41) is 7.62. The SMILES string of the molecule is CC1CCN(c2ccc(Br)cc2C(=N)N)C1. The number of amidine groups is 1. The Hall–Kier alpha value is -1.03. The highest BCUT2D eigenvalue weighted by molar-refractivity contribution is 9.10. The van der Waals surface area contributed by atoms with Gasteiger partial charge < -0.3 is 10.6 Å². The first-order chi connectivity index (χ1) is 7.58. The fourth-order valence-corrected chi connectivity index (χ4v) is 2.51. The zero-order valence-electron chi connectivity index (χ0n) is 9.33. The molecular weight excluding hydrogens is 266 g/mol. The summed E-state index contributed by atoms with van der Waals surface area (Å²) in [6.45, 7) is 4.37. The number of hydrogen-bond acceptors (Lipinski definition) is 2. The minimum atomic E-state index is 0.135. The number of nitrogens with zero attached hydrogens (tertiary/aromatic N) is 1. The standard InChI is InChI=1S/C12H16BrN3/c1-8-4-5-16(7-8)11-3-2-9(13)6-10(11)12(14)15/h2-3,6,8H,4-5,7H2,1H3,(H3,14,15). The van der Waals surface area contributed by atoms with Crippen molar-refractivity contribution in [2.24, 2.45) is 11.7 Å². The monoisotopic (exact) mass is 281 g/mol. The predicted molar refractivity (Wildman–Crippen MR) is 71.2 cm³/mol. The summed E-state index contributed by atoms with van der Waals surface area (Å²) >= 11 is 3.41. The molecule has 1 aromatic carbocycles. The quantitative estimate of drug-likeness (QED) is 0.647. The first kappa shape index (κ1) is 11.5. The van der Waals surface area contributed by atoms with Gasteiger partial charge in [0.25, 0.3) is 0 Å². The van der Waals surface area contributed by atoms with Crippen LogP contribution in [0.2, 0.25) is 0 Å². The Bertz CT molecular complexity index is 417. The Labute approximate surface area is 104 Å². The molecule has 3 N–H and O–H groups in total. The van der Waals surface area contributed by atoms with E-state index in [1.807, 2.05) is 18.2 Å². The van der Waals surface area contributed by atoms with Crippen LogP contribution < -0.4 is 10.6 Å². The molecule has 1 heterocycles. The molecule has 16 heavy (non-hydrogen) atoms. The molecule has 1 atom stereocenters. The molecule has 0 saturated carbocycles. The molecule has 0 aliphatic carbocycles. The van der Waals surface area contributed by atoms with Crippen molar-refractivity contribution in [2.45, 2.75) is 13.3 Å². The molecule has 0 aromatic heterocycles. The van der Waals surface area contributed by atoms with Crippen molar-refractivity contribution in [3.8, 4) is 0 Å². The van der Waals surface area contributed by atoms with Crippen LogP contribution in [-0.4, -0.2) is 18.9 Å². The van der Waals surface area contributed by atoms with E-state index in [0.717, 1.165) is 34.7 Å². The highest BCUT2D eigenvalue weighted by Crippen LogP contribution is 2.28. The van der Waals surface area contributed by atoms with Gasteiger partial charge in [0.2, 0.25) is 0 Å². The highest BCUT2D eigenvalue weighted by Gasteiger charge is 2.21. The van der Waals surface area contributed by atoms with Gasteiger partial charge in [0.15, 0.2) is 0 Å². The number of nitrogen functional groups attached to an aromatic ring is 1. The van der Waals surface area contributed by atoms with Crippen LogP contribution in [0, 0.1) is 11.3 Å². The zero-order valence-corrected chi connectivity index (χ0v) is 10.9. The van der Waals surface area contributed by atoms with Crippen molar-refractivity contribution >= 4 is 27.5 Å². The summed E-state index contributed by atoms with van der Waals surface area (Å²) in [6, 6.07) is 5.96. The van der Waals surface area contributed by atoms with Crippen LogP contribution in [0.25, 0.3) is 0 Å². The van der Waals surface area contributed by atoms with E-state index in [2.05, 4.69) is 27.8 Å². The second-order valence-electron chi connectivity index (χ2n) is 4.42. The average molecular weight is 282 g/mol. The molecule has 4 heteroatoms. The van der Waals surface area contributed by atoms with Crippen LogP contribution in [0.15, 0.2) is 22.7 Å². The zero-order chi connectivity index (χ0) is 11.7. The number of hydrogen-bond donors (Lipinski definition) is 2. The summed E-state index contributed by atoms with van der Waals surface area (Å²) in [6.07, 6.45) is 1.22. The number of nitrogens with one attached hydrogen (secondary N) is 1. The van der Waals surface area contributed by atoms with Crippen molar-refractivity contribution in [1.82, 2.24) is 0 Å². The Balaban J connectivity index is 2.36. The molecular formula is C12H16BrN3. The van der Waals surface area contributed by atoms with E-state index < -0.39 is 0 Å². The van der Waals surface area contributed by atoms with Gasteiger partial charge in [-0.05, 0) is 30.5 Å².